The van der Waals surface area contributed by atoms with Gasteiger partial charge in [0.2, 0.25) is 0 Å². The van der Waals surface area contributed by atoms with E-state index in [4.69, 9.17) is 11.6 Å². The maximum Gasteiger partial charge on any atom is 0.0417 e. The Hall–Kier alpha value is -1.13. The first-order valence-corrected chi connectivity index (χ1v) is 9.51. The molecule has 126 valence electrons. The van der Waals surface area contributed by atoms with Gasteiger partial charge in [0.15, 0.2) is 0 Å². The summed E-state index contributed by atoms with van der Waals surface area (Å²) >= 11 is 9.51. The van der Waals surface area contributed by atoms with Gasteiger partial charge in [-0.25, -0.2) is 0 Å². The van der Waals surface area contributed by atoms with Gasteiger partial charge in [-0.1, -0.05) is 70.0 Å². The number of hydrogen-bond acceptors (Lipinski definition) is 2. The molecule has 0 radical (unpaired) electrons. The van der Waals surface area contributed by atoms with Crippen LogP contribution < -0.4 is 10.6 Å². The number of halogens is 2. The lowest BCUT2D eigenvalue weighted by molar-refractivity contribution is 0.512. The maximum absolute atomic E-state index is 5.97. The number of hydrogen-bond donors (Lipinski definition) is 2. The van der Waals surface area contributed by atoms with E-state index in [2.05, 4.69) is 63.0 Å². The molecule has 2 nitrogen and oxygen atoms in total. The van der Waals surface area contributed by atoms with Gasteiger partial charge < -0.3 is 10.6 Å². The van der Waals surface area contributed by atoms with Crippen LogP contribution in [0, 0.1) is 5.92 Å². The standard InChI is InChI=1S/C20H22BrClN2/c21-20-11-19(22)8-7-18(20)6-5-15-1-3-16(4-2-15)12-24-14-17-9-10-23-13-17/h1-8,11,17,23-24H,9-10,12-14H2/b6-5+. The van der Waals surface area contributed by atoms with Crippen molar-refractivity contribution >= 4 is 39.7 Å². The highest BCUT2D eigenvalue weighted by Crippen LogP contribution is 2.23. The van der Waals surface area contributed by atoms with Gasteiger partial charge in [0.05, 0.1) is 0 Å². The van der Waals surface area contributed by atoms with Crippen LogP contribution in [0.2, 0.25) is 5.02 Å². The fraction of sp³-hybridized carbons (Fsp3) is 0.300. The second kappa shape index (κ2) is 8.82. The van der Waals surface area contributed by atoms with Crippen LogP contribution in [0.3, 0.4) is 0 Å². The van der Waals surface area contributed by atoms with Crippen LogP contribution in [0.1, 0.15) is 23.1 Å². The van der Waals surface area contributed by atoms with Gasteiger partial charge in [0, 0.05) is 16.0 Å². The van der Waals surface area contributed by atoms with Crippen molar-refractivity contribution < 1.29 is 0 Å². The van der Waals surface area contributed by atoms with E-state index in [0.29, 0.717) is 0 Å². The van der Waals surface area contributed by atoms with Gasteiger partial charge in [0.25, 0.3) is 0 Å². The van der Waals surface area contributed by atoms with Crippen molar-refractivity contribution in [3.63, 3.8) is 0 Å². The minimum absolute atomic E-state index is 0.740. The third kappa shape index (κ3) is 5.18. The molecule has 4 heteroatoms. The van der Waals surface area contributed by atoms with Gasteiger partial charge in [0.1, 0.15) is 0 Å². The fourth-order valence-electron chi connectivity index (χ4n) is 2.88. The zero-order valence-electron chi connectivity index (χ0n) is 13.6. The Balaban J connectivity index is 1.52. The molecule has 1 fully saturated rings. The largest absolute Gasteiger partial charge is 0.316 e. The number of rotatable bonds is 6. The molecule has 2 N–H and O–H groups in total. The maximum atomic E-state index is 5.97. The first-order valence-electron chi connectivity index (χ1n) is 8.34. The minimum Gasteiger partial charge on any atom is -0.316 e. The van der Waals surface area contributed by atoms with Crippen molar-refractivity contribution in [1.29, 1.82) is 0 Å². The highest BCUT2D eigenvalue weighted by molar-refractivity contribution is 9.10. The van der Waals surface area contributed by atoms with Crippen LogP contribution in [0.15, 0.2) is 46.9 Å². The lowest BCUT2D eigenvalue weighted by Crippen LogP contribution is -2.23. The molecule has 1 atom stereocenters. The molecule has 1 unspecified atom stereocenters. The quantitative estimate of drug-likeness (QED) is 0.663. The van der Waals surface area contributed by atoms with E-state index in [9.17, 15) is 0 Å². The fourth-order valence-corrected chi connectivity index (χ4v) is 3.69. The van der Waals surface area contributed by atoms with Gasteiger partial charge in [-0.2, -0.15) is 0 Å². The van der Waals surface area contributed by atoms with Crippen molar-refractivity contribution in [3.8, 4) is 0 Å². The van der Waals surface area contributed by atoms with Crippen molar-refractivity contribution in [2.45, 2.75) is 13.0 Å². The summed E-state index contributed by atoms with van der Waals surface area (Å²) in [6.07, 6.45) is 5.51. The summed E-state index contributed by atoms with van der Waals surface area (Å²) in [5.41, 5.74) is 3.64. The van der Waals surface area contributed by atoms with E-state index in [1.165, 1.54) is 17.5 Å². The normalized spacial score (nSPS) is 17.7. The van der Waals surface area contributed by atoms with E-state index in [-0.39, 0.29) is 0 Å². The summed E-state index contributed by atoms with van der Waals surface area (Å²) in [6.45, 7) is 4.34. The molecule has 0 saturated carbocycles. The topological polar surface area (TPSA) is 24.1 Å². The molecule has 2 aromatic rings. The summed E-state index contributed by atoms with van der Waals surface area (Å²) in [4.78, 5) is 0. The Morgan fingerprint density at radius 3 is 2.71 bits per heavy atom. The summed E-state index contributed by atoms with van der Waals surface area (Å²) in [7, 11) is 0. The smallest absolute Gasteiger partial charge is 0.0417 e. The van der Waals surface area contributed by atoms with E-state index >= 15 is 0 Å². The first kappa shape index (κ1) is 17.7. The van der Waals surface area contributed by atoms with Gasteiger partial charge in [-0.05, 0) is 60.8 Å². The predicted molar refractivity (Wildman–Crippen MR) is 107 cm³/mol. The van der Waals surface area contributed by atoms with Crippen LogP contribution in [-0.2, 0) is 6.54 Å². The Labute approximate surface area is 157 Å². The molecule has 24 heavy (non-hydrogen) atoms. The Kier molecular flexibility index (Phi) is 6.50. The molecule has 1 saturated heterocycles. The molecular formula is C20H22BrClN2. The molecule has 0 aromatic heterocycles. The van der Waals surface area contributed by atoms with E-state index < -0.39 is 0 Å². The number of nitrogens with one attached hydrogen (secondary N) is 2. The minimum atomic E-state index is 0.740. The molecule has 0 amide bonds. The van der Waals surface area contributed by atoms with Gasteiger partial charge >= 0.3 is 0 Å². The Morgan fingerprint density at radius 2 is 2.00 bits per heavy atom. The molecule has 2 aromatic carbocycles. The number of benzene rings is 2. The van der Waals surface area contributed by atoms with Crippen molar-refractivity contribution in [1.82, 2.24) is 10.6 Å². The van der Waals surface area contributed by atoms with Crippen LogP contribution in [0.4, 0.5) is 0 Å². The molecule has 1 heterocycles. The summed E-state index contributed by atoms with van der Waals surface area (Å²) in [5.74, 6) is 0.782. The average molecular weight is 406 g/mol. The van der Waals surface area contributed by atoms with E-state index in [1.54, 1.807) is 0 Å². The first-order chi connectivity index (χ1) is 11.7. The molecule has 0 bridgehead atoms. The highest BCUT2D eigenvalue weighted by atomic mass is 79.9. The molecule has 1 aliphatic heterocycles. The molecular weight excluding hydrogens is 384 g/mol. The molecule has 0 aliphatic carbocycles. The third-order valence-corrected chi connectivity index (χ3v) is 5.24. The molecule has 1 aliphatic rings. The Morgan fingerprint density at radius 1 is 1.17 bits per heavy atom. The average Bonchev–Trinajstić information content (AvgIpc) is 3.09. The lowest BCUT2D eigenvalue weighted by Gasteiger charge is -2.10. The summed E-state index contributed by atoms with van der Waals surface area (Å²) in [5, 5.41) is 7.70. The van der Waals surface area contributed by atoms with Crippen molar-refractivity contribution in [2.75, 3.05) is 19.6 Å². The van der Waals surface area contributed by atoms with E-state index in [0.717, 1.165) is 47.2 Å². The summed E-state index contributed by atoms with van der Waals surface area (Å²) < 4.78 is 1.01. The monoisotopic (exact) mass is 404 g/mol. The highest BCUT2D eigenvalue weighted by Gasteiger charge is 2.13. The lowest BCUT2D eigenvalue weighted by atomic mass is 10.1. The van der Waals surface area contributed by atoms with E-state index in [1.807, 2.05) is 18.2 Å². The van der Waals surface area contributed by atoms with Crippen molar-refractivity contribution in [2.24, 2.45) is 5.92 Å². The SMILES string of the molecule is Clc1ccc(/C=C/c2ccc(CNCC3CCNC3)cc2)c(Br)c1. The van der Waals surface area contributed by atoms with Crippen LogP contribution in [0.5, 0.6) is 0 Å². The van der Waals surface area contributed by atoms with Gasteiger partial charge in [-0.15, -0.1) is 0 Å². The molecule has 3 rings (SSSR count). The van der Waals surface area contributed by atoms with Crippen LogP contribution >= 0.6 is 27.5 Å². The third-order valence-electron chi connectivity index (χ3n) is 4.32. The summed E-state index contributed by atoms with van der Waals surface area (Å²) in [6, 6.07) is 14.5. The zero-order chi connectivity index (χ0) is 16.8. The molecule has 0 spiro atoms. The second-order valence-corrected chi connectivity index (χ2v) is 7.52. The van der Waals surface area contributed by atoms with Crippen LogP contribution in [-0.4, -0.2) is 19.6 Å². The van der Waals surface area contributed by atoms with Gasteiger partial charge in [-0.3, -0.25) is 0 Å². The van der Waals surface area contributed by atoms with Crippen LogP contribution in [0.25, 0.3) is 12.2 Å². The zero-order valence-corrected chi connectivity index (χ0v) is 15.9. The predicted octanol–water partition coefficient (Wildman–Crippen LogP) is 4.97. The second-order valence-electron chi connectivity index (χ2n) is 6.23. The van der Waals surface area contributed by atoms with Crippen molar-refractivity contribution in [3.05, 3.63) is 68.7 Å². The Bertz CT molecular complexity index is 691.